The molecule has 21 heavy (non-hydrogen) atoms. The maximum atomic E-state index is 12.5. The number of anilines is 1. The molecule has 0 bridgehead atoms. The first-order valence-electron chi connectivity index (χ1n) is 6.84. The number of para-hydroxylation sites is 1. The van der Waals surface area contributed by atoms with Crippen LogP contribution in [0.5, 0.6) is 0 Å². The third-order valence-corrected chi connectivity index (χ3v) is 3.61. The van der Waals surface area contributed by atoms with Crippen LogP contribution in [0.15, 0.2) is 65.5 Å². The number of nitrogens with two attached hydrogens (primary N) is 1. The fourth-order valence-corrected chi connectivity index (χ4v) is 2.53. The van der Waals surface area contributed by atoms with E-state index in [9.17, 15) is 4.79 Å². The molecule has 3 rings (SSSR count). The van der Waals surface area contributed by atoms with E-state index in [2.05, 4.69) is 0 Å². The highest BCUT2D eigenvalue weighted by atomic mass is 16.1. The molecule has 0 radical (unpaired) electrons. The first-order chi connectivity index (χ1) is 10.2. The Morgan fingerprint density at radius 3 is 2.14 bits per heavy atom. The van der Waals surface area contributed by atoms with Gasteiger partial charge in [-0.15, -0.1) is 0 Å². The Kier molecular flexibility index (Phi) is 3.36. The van der Waals surface area contributed by atoms with E-state index in [1.807, 2.05) is 60.7 Å². The molecule has 2 aromatic carbocycles. The molecule has 0 fully saturated rings. The molecule has 0 saturated carbocycles. The van der Waals surface area contributed by atoms with Crippen LogP contribution >= 0.6 is 0 Å². The molecular formula is C17H17N3O. The predicted molar refractivity (Wildman–Crippen MR) is 84.7 cm³/mol. The van der Waals surface area contributed by atoms with Gasteiger partial charge in [-0.1, -0.05) is 48.5 Å². The highest BCUT2D eigenvalue weighted by Crippen LogP contribution is 2.18. The van der Waals surface area contributed by atoms with E-state index in [-0.39, 0.29) is 5.56 Å². The summed E-state index contributed by atoms with van der Waals surface area (Å²) in [6.07, 6.45) is 0.541. The van der Waals surface area contributed by atoms with Gasteiger partial charge in [0.25, 0.3) is 5.56 Å². The molecule has 106 valence electrons. The topological polar surface area (TPSA) is 52.9 Å². The van der Waals surface area contributed by atoms with Gasteiger partial charge >= 0.3 is 0 Å². The highest BCUT2D eigenvalue weighted by Gasteiger charge is 2.16. The number of nitrogen functional groups attached to an aromatic ring is 1. The third kappa shape index (κ3) is 2.36. The van der Waals surface area contributed by atoms with Crippen molar-refractivity contribution in [1.82, 2.24) is 9.36 Å². The molecule has 1 aromatic heterocycles. The summed E-state index contributed by atoms with van der Waals surface area (Å²) in [7, 11) is 1.74. The molecule has 2 N–H and O–H groups in total. The Labute approximate surface area is 123 Å². The number of benzene rings is 2. The third-order valence-electron chi connectivity index (χ3n) is 3.61. The number of rotatable bonds is 3. The smallest absolute Gasteiger partial charge is 0.272 e. The maximum absolute atomic E-state index is 12.5. The lowest BCUT2D eigenvalue weighted by Crippen LogP contribution is -2.19. The van der Waals surface area contributed by atoms with Crippen LogP contribution in [0, 0.1) is 0 Å². The Balaban J connectivity index is 2.10. The lowest BCUT2D eigenvalue weighted by molar-refractivity contribution is 0.646. The monoisotopic (exact) mass is 279 g/mol. The average Bonchev–Trinajstić information content (AvgIpc) is 2.73. The molecule has 1 heterocycles. The average molecular weight is 279 g/mol. The second-order valence-corrected chi connectivity index (χ2v) is 5.00. The van der Waals surface area contributed by atoms with Gasteiger partial charge in [0.2, 0.25) is 0 Å². The molecule has 4 heteroatoms. The van der Waals surface area contributed by atoms with E-state index in [1.54, 1.807) is 16.4 Å². The van der Waals surface area contributed by atoms with Crippen LogP contribution in [0.25, 0.3) is 5.69 Å². The van der Waals surface area contributed by atoms with Crippen molar-refractivity contribution in [3.05, 3.63) is 82.1 Å². The fourth-order valence-electron chi connectivity index (χ4n) is 2.53. The van der Waals surface area contributed by atoms with Crippen LogP contribution in [-0.4, -0.2) is 9.36 Å². The van der Waals surface area contributed by atoms with E-state index >= 15 is 0 Å². The Bertz CT molecular complexity index is 801. The van der Waals surface area contributed by atoms with Gasteiger partial charge in [-0.05, 0) is 17.7 Å². The molecular weight excluding hydrogens is 262 g/mol. The van der Waals surface area contributed by atoms with E-state index in [1.165, 1.54) is 0 Å². The summed E-state index contributed by atoms with van der Waals surface area (Å²) in [4.78, 5) is 12.5. The molecule has 0 atom stereocenters. The van der Waals surface area contributed by atoms with Gasteiger partial charge in [-0.2, -0.15) is 0 Å². The zero-order valence-corrected chi connectivity index (χ0v) is 11.9. The normalized spacial score (nSPS) is 10.7. The van der Waals surface area contributed by atoms with Crippen molar-refractivity contribution in [2.24, 2.45) is 7.05 Å². The van der Waals surface area contributed by atoms with Crippen LogP contribution in [0.2, 0.25) is 0 Å². The molecule has 0 amide bonds. The second kappa shape index (κ2) is 5.32. The first kappa shape index (κ1) is 13.2. The van der Waals surface area contributed by atoms with Gasteiger partial charge in [0.1, 0.15) is 5.82 Å². The van der Waals surface area contributed by atoms with Crippen LogP contribution in [-0.2, 0) is 13.5 Å². The molecule has 0 aliphatic heterocycles. The van der Waals surface area contributed by atoms with Gasteiger partial charge < -0.3 is 5.73 Å². The Morgan fingerprint density at radius 2 is 1.52 bits per heavy atom. The molecule has 4 nitrogen and oxygen atoms in total. The zero-order valence-electron chi connectivity index (χ0n) is 11.9. The minimum Gasteiger partial charge on any atom is -0.383 e. The van der Waals surface area contributed by atoms with Crippen molar-refractivity contribution in [2.75, 3.05) is 5.73 Å². The van der Waals surface area contributed by atoms with Gasteiger partial charge in [0.05, 0.1) is 11.3 Å². The van der Waals surface area contributed by atoms with Crippen molar-refractivity contribution in [3.8, 4) is 5.69 Å². The number of hydrogen-bond donors (Lipinski definition) is 1. The van der Waals surface area contributed by atoms with Crippen molar-refractivity contribution in [1.29, 1.82) is 0 Å². The molecule has 0 spiro atoms. The lowest BCUT2D eigenvalue weighted by Gasteiger charge is -2.09. The van der Waals surface area contributed by atoms with Gasteiger partial charge in [-0.3, -0.25) is 4.79 Å². The van der Waals surface area contributed by atoms with Gasteiger partial charge in [-0.25, -0.2) is 9.36 Å². The standard InChI is InChI=1S/C17H17N3O/c1-19-17(21)15(12-13-8-4-2-5-9-13)16(18)20(19)14-10-6-3-7-11-14/h2-11H,12,18H2,1H3. The van der Waals surface area contributed by atoms with Crippen molar-refractivity contribution in [2.45, 2.75) is 6.42 Å². The summed E-state index contributed by atoms with van der Waals surface area (Å²) in [6, 6.07) is 19.5. The van der Waals surface area contributed by atoms with Crippen molar-refractivity contribution < 1.29 is 0 Å². The quantitative estimate of drug-likeness (QED) is 0.800. The summed E-state index contributed by atoms with van der Waals surface area (Å²) in [5.74, 6) is 0.498. The van der Waals surface area contributed by atoms with Crippen LogP contribution < -0.4 is 11.3 Å². The fraction of sp³-hybridized carbons (Fsp3) is 0.118. The minimum atomic E-state index is -0.0554. The van der Waals surface area contributed by atoms with Crippen LogP contribution in [0.1, 0.15) is 11.1 Å². The molecule has 3 aromatic rings. The largest absolute Gasteiger partial charge is 0.383 e. The summed E-state index contributed by atoms with van der Waals surface area (Å²) in [5, 5.41) is 0. The number of hydrogen-bond acceptors (Lipinski definition) is 2. The molecule has 0 aliphatic rings. The van der Waals surface area contributed by atoms with Crippen molar-refractivity contribution in [3.63, 3.8) is 0 Å². The van der Waals surface area contributed by atoms with Gasteiger partial charge in [0.15, 0.2) is 0 Å². The van der Waals surface area contributed by atoms with Gasteiger partial charge in [0, 0.05) is 13.5 Å². The Morgan fingerprint density at radius 1 is 0.952 bits per heavy atom. The highest BCUT2D eigenvalue weighted by molar-refractivity contribution is 5.49. The zero-order chi connectivity index (χ0) is 14.8. The summed E-state index contributed by atoms with van der Waals surface area (Å²) in [5.41, 5.74) is 8.76. The van der Waals surface area contributed by atoms with E-state index in [4.69, 9.17) is 5.73 Å². The minimum absolute atomic E-state index is 0.0554. The predicted octanol–water partition coefficient (Wildman–Crippen LogP) is 2.35. The second-order valence-electron chi connectivity index (χ2n) is 5.00. The summed E-state index contributed by atoms with van der Waals surface area (Å²) >= 11 is 0. The van der Waals surface area contributed by atoms with Crippen molar-refractivity contribution >= 4 is 5.82 Å². The summed E-state index contributed by atoms with van der Waals surface area (Å²) in [6.45, 7) is 0. The SMILES string of the molecule is Cn1c(=O)c(Cc2ccccc2)c(N)n1-c1ccccc1. The maximum Gasteiger partial charge on any atom is 0.272 e. The Hall–Kier alpha value is -2.75. The number of nitrogens with zero attached hydrogens (tertiary/aromatic N) is 2. The van der Waals surface area contributed by atoms with E-state index in [0.29, 0.717) is 17.8 Å². The molecule has 0 aliphatic carbocycles. The molecule has 0 saturated heterocycles. The first-order valence-corrected chi connectivity index (χ1v) is 6.84. The van der Waals surface area contributed by atoms with E-state index < -0.39 is 0 Å². The summed E-state index contributed by atoms with van der Waals surface area (Å²) < 4.78 is 3.31. The number of aromatic nitrogens is 2. The molecule has 0 unspecified atom stereocenters. The van der Waals surface area contributed by atoms with Crippen LogP contribution in [0.4, 0.5) is 5.82 Å². The lowest BCUT2D eigenvalue weighted by atomic mass is 10.1. The van der Waals surface area contributed by atoms with E-state index in [0.717, 1.165) is 11.3 Å². The van der Waals surface area contributed by atoms with Crippen LogP contribution in [0.3, 0.4) is 0 Å².